The molecule has 1 N–H and O–H groups in total. The molecule has 0 aliphatic carbocycles. The van der Waals surface area contributed by atoms with Crippen molar-refractivity contribution in [3.05, 3.63) is 83.1 Å². The number of anilines is 1. The van der Waals surface area contributed by atoms with Crippen molar-refractivity contribution in [3.8, 4) is 11.3 Å². The lowest BCUT2D eigenvalue weighted by atomic mass is 10.1. The fourth-order valence-electron chi connectivity index (χ4n) is 3.38. The number of aromatic nitrogens is 2. The number of fused-ring (bicyclic) bond motifs is 1. The third-order valence-electron chi connectivity index (χ3n) is 5.09. The zero-order chi connectivity index (χ0) is 24.2. The van der Waals surface area contributed by atoms with E-state index in [1.807, 2.05) is 30.3 Å². The molecule has 0 aliphatic heterocycles. The van der Waals surface area contributed by atoms with E-state index in [1.54, 1.807) is 24.3 Å². The Morgan fingerprint density at radius 3 is 2.50 bits per heavy atom. The largest absolute Gasteiger partial charge is 0.451 e. The molecule has 0 aliphatic rings. The van der Waals surface area contributed by atoms with Gasteiger partial charge < -0.3 is 14.5 Å². The molecule has 172 valence electrons. The highest BCUT2D eigenvalue weighted by molar-refractivity contribution is 6.11. The Labute approximate surface area is 194 Å². The van der Waals surface area contributed by atoms with Gasteiger partial charge in [-0.1, -0.05) is 42.5 Å². The number of hydrogen-bond donors (Lipinski definition) is 1. The van der Waals surface area contributed by atoms with E-state index in [4.69, 9.17) is 9.15 Å². The molecule has 2 aromatic heterocycles. The molecule has 0 saturated heterocycles. The lowest BCUT2D eigenvalue weighted by molar-refractivity contribution is -0.153. The Morgan fingerprint density at radius 2 is 1.79 bits per heavy atom. The molecule has 1 atom stereocenters. The maximum absolute atomic E-state index is 12.7. The fourth-order valence-corrected chi connectivity index (χ4v) is 3.38. The number of amides is 1. The number of furan rings is 1. The number of para-hydroxylation sites is 1. The summed E-state index contributed by atoms with van der Waals surface area (Å²) in [6.07, 6.45) is 0.0705. The average Bonchev–Trinajstić information content (AvgIpc) is 3.19. The van der Waals surface area contributed by atoms with Crippen molar-refractivity contribution >= 4 is 34.3 Å². The summed E-state index contributed by atoms with van der Waals surface area (Å²) >= 11 is 0. The van der Waals surface area contributed by atoms with Crippen molar-refractivity contribution in [1.82, 2.24) is 9.55 Å². The topological polar surface area (TPSA) is 121 Å². The summed E-state index contributed by atoms with van der Waals surface area (Å²) in [5.41, 5.74) is 1.48. The number of carbonyl (C=O) groups is 3. The van der Waals surface area contributed by atoms with Crippen LogP contribution in [0.4, 0.5) is 5.69 Å². The van der Waals surface area contributed by atoms with Crippen LogP contribution < -0.4 is 10.9 Å². The molecular weight excluding hydrogens is 438 g/mol. The highest BCUT2D eigenvalue weighted by Crippen LogP contribution is 2.31. The van der Waals surface area contributed by atoms with Gasteiger partial charge in [0.1, 0.15) is 12.1 Å². The molecule has 0 spiro atoms. The number of Topliss-reactive ketones (excluding diaryl/α,β-unsaturated/α-hetero) is 1. The predicted octanol–water partition coefficient (Wildman–Crippen LogP) is 3.43. The summed E-state index contributed by atoms with van der Waals surface area (Å²) in [6, 6.07) is 17.4. The number of ketones is 1. The van der Waals surface area contributed by atoms with Gasteiger partial charge in [-0.15, -0.1) is 0 Å². The Kier molecular flexibility index (Phi) is 6.35. The first-order valence-electron chi connectivity index (χ1n) is 10.5. The summed E-state index contributed by atoms with van der Waals surface area (Å²) in [7, 11) is 0. The van der Waals surface area contributed by atoms with Crippen LogP contribution in [0.5, 0.6) is 0 Å². The van der Waals surface area contributed by atoms with Crippen LogP contribution >= 0.6 is 0 Å². The molecule has 0 saturated carbocycles. The molecule has 34 heavy (non-hydrogen) atoms. The number of esters is 1. The van der Waals surface area contributed by atoms with E-state index in [2.05, 4.69) is 10.3 Å². The summed E-state index contributed by atoms with van der Waals surface area (Å²) in [5, 5.41) is 3.16. The van der Waals surface area contributed by atoms with Gasteiger partial charge in [-0.05, 0) is 19.1 Å². The first-order valence-corrected chi connectivity index (χ1v) is 10.5. The van der Waals surface area contributed by atoms with Crippen LogP contribution in [0.25, 0.3) is 22.2 Å². The smallest absolute Gasteiger partial charge is 0.326 e. The molecule has 2 aromatic carbocycles. The summed E-state index contributed by atoms with van der Waals surface area (Å²) in [5.74, 6) is -1.79. The van der Waals surface area contributed by atoms with E-state index in [9.17, 15) is 19.2 Å². The van der Waals surface area contributed by atoms with Gasteiger partial charge in [0.05, 0.1) is 17.7 Å². The lowest BCUT2D eigenvalue weighted by Gasteiger charge is -2.14. The number of ether oxygens (including phenoxy) is 1. The quantitative estimate of drug-likeness (QED) is 0.332. The summed E-state index contributed by atoms with van der Waals surface area (Å²) in [6.45, 7) is 2.31. The van der Waals surface area contributed by atoms with Crippen molar-refractivity contribution in [3.63, 3.8) is 0 Å². The second-order valence-corrected chi connectivity index (χ2v) is 7.59. The maximum atomic E-state index is 12.7. The second-order valence-electron chi connectivity index (χ2n) is 7.59. The number of hydrogen-bond acceptors (Lipinski definition) is 7. The van der Waals surface area contributed by atoms with Crippen LogP contribution in [0.2, 0.25) is 0 Å². The first kappa shape index (κ1) is 22.7. The fraction of sp³-hybridized carbons (Fsp3) is 0.160. The van der Waals surface area contributed by atoms with E-state index in [0.717, 1.165) is 10.1 Å². The molecule has 0 fully saturated rings. The van der Waals surface area contributed by atoms with Gasteiger partial charge in [0, 0.05) is 23.9 Å². The monoisotopic (exact) mass is 459 g/mol. The third-order valence-corrected chi connectivity index (χ3v) is 5.09. The Morgan fingerprint density at radius 1 is 1.09 bits per heavy atom. The molecule has 4 rings (SSSR count). The minimum absolute atomic E-state index is 0.00390. The van der Waals surface area contributed by atoms with Gasteiger partial charge in [0.25, 0.3) is 11.5 Å². The summed E-state index contributed by atoms with van der Waals surface area (Å²) < 4.78 is 11.8. The van der Waals surface area contributed by atoms with Gasteiger partial charge in [0.2, 0.25) is 0 Å². The van der Waals surface area contributed by atoms with Gasteiger partial charge in [0.15, 0.2) is 17.6 Å². The van der Waals surface area contributed by atoms with Crippen molar-refractivity contribution < 1.29 is 23.5 Å². The molecular formula is C25H21N3O6. The van der Waals surface area contributed by atoms with Gasteiger partial charge in [-0.3, -0.25) is 23.7 Å². The number of benzene rings is 2. The second kappa shape index (κ2) is 9.53. The highest BCUT2D eigenvalue weighted by Gasteiger charge is 2.24. The molecule has 0 bridgehead atoms. The third kappa shape index (κ3) is 4.78. The van der Waals surface area contributed by atoms with E-state index in [1.165, 1.54) is 26.2 Å². The van der Waals surface area contributed by atoms with Crippen molar-refractivity contribution in [2.75, 3.05) is 5.32 Å². The minimum atomic E-state index is -1.19. The standard InChI is InChI=1S/C25H21N3O6/c1-15(29)24-23(18-10-6-7-11-20(18)34-24)27-25(32)16(2)33-22(31)13-28-14-26-19(12-21(28)30)17-8-4-3-5-9-17/h3-12,14,16H,13H2,1-2H3,(H,27,32). The van der Waals surface area contributed by atoms with E-state index < -0.39 is 30.1 Å². The molecule has 9 nitrogen and oxygen atoms in total. The van der Waals surface area contributed by atoms with Crippen molar-refractivity contribution in [1.29, 1.82) is 0 Å². The first-order chi connectivity index (χ1) is 16.3. The Bertz CT molecular complexity index is 1440. The molecule has 1 amide bonds. The van der Waals surface area contributed by atoms with Crippen LogP contribution in [-0.4, -0.2) is 33.3 Å². The number of nitrogens with zero attached hydrogens (tertiary/aromatic N) is 2. The zero-order valence-corrected chi connectivity index (χ0v) is 18.5. The molecule has 0 radical (unpaired) electrons. The minimum Gasteiger partial charge on any atom is -0.451 e. The van der Waals surface area contributed by atoms with Crippen LogP contribution in [0.3, 0.4) is 0 Å². The SMILES string of the molecule is CC(=O)c1oc2ccccc2c1NC(=O)C(C)OC(=O)Cn1cnc(-c2ccccc2)cc1=O. The Hall–Kier alpha value is -4.53. The number of rotatable bonds is 7. The lowest BCUT2D eigenvalue weighted by Crippen LogP contribution is -2.33. The highest BCUT2D eigenvalue weighted by atomic mass is 16.5. The summed E-state index contributed by atoms with van der Waals surface area (Å²) in [4.78, 5) is 53.6. The van der Waals surface area contributed by atoms with E-state index in [0.29, 0.717) is 16.7 Å². The molecule has 1 unspecified atom stereocenters. The number of carbonyl (C=O) groups excluding carboxylic acids is 3. The average molecular weight is 459 g/mol. The Balaban J connectivity index is 1.43. The van der Waals surface area contributed by atoms with Crippen LogP contribution in [0, 0.1) is 0 Å². The van der Waals surface area contributed by atoms with Gasteiger partial charge >= 0.3 is 5.97 Å². The normalized spacial score (nSPS) is 11.7. The van der Waals surface area contributed by atoms with E-state index in [-0.39, 0.29) is 17.2 Å². The zero-order valence-electron chi connectivity index (χ0n) is 18.5. The molecule has 9 heteroatoms. The van der Waals surface area contributed by atoms with Crippen LogP contribution in [-0.2, 0) is 20.9 Å². The molecule has 4 aromatic rings. The number of nitrogens with one attached hydrogen (secondary N) is 1. The maximum Gasteiger partial charge on any atom is 0.326 e. The van der Waals surface area contributed by atoms with Crippen molar-refractivity contribution in [2.45, 2.75) is 26.5 Å². The van der Waals surface area contributed by atoms with Gasteiger partial charge in [-0.2, -0.15) is 0 Å². The van der Waals surface area contributed by atoms with Crippen molar-refractivity contribution in [2.24, 2.45) is 0 Å². The van der Waals surface area contributed by atoms with Crippen LogP contribution in [0.1, 0.15) is 24.4 Å². The van der Waals surface area contributed by atoms with Gasteiger partial charge in [-0.25, -0.2) is 4.98 Å². The van der Waals surface area contributed by atoms with Crippen LogP contribution in [0.15, 0.2) is 76.2 Å². The van der Waals surface area contributed by atoms with E-state index >= 15 is 0 Å². The molecule has 2 heterocycles. The predicted molar refractivity (Wildman–Crippen MR) is 124 cm³/mol.